The number of aliphatic hydroxyl groups is 1. The molecular formula is C14H21NO3. The molecule has 4 nitrogen and oxygen atoms in total. The van der Waals surface area contributed by atoms with Crippen molar-refractivity contribution in [2.75, 3.05) is 6.61 Å². The van der Waals surface area contributed by atoms with Crippen molar-refractivity contribution in [1.82, 2.24) is 4.98 Å². The second-order valence-corrected chi connectivity index (χ2v) is 4.68. The Morgan fingerprint density at radius 3 is 3.06 bits per heavy atom. The van der Waals surface area contributed by atoms with Gasteiger partial charge in [-0.25, -0.2) is 0 Å². The lowest BCUT2D eigenvalue weighted by molar-refractivity contribution is -0.0927. The number of unbranched alkanes of at least 4 members (excludes halogenated alkanes) is 3. The van der Waals surface area contributed by atoms with Crippen LogP contribution in [0.4, 0.5) is 0 Å². The topological polar surface area (TPSA) is 51.6 Å². The van der Waals surface area contributed by atoms with Gasteiger partial charge in [-0.15, -0.1) is 0 Å². The predicted octanol–water partition coefficient (Wildman–Crippen LogP) is 2.87. The van der Waals surface area contributed by atoms with Gasteiger partial charge >= 0.3 is 0 Å². The SMILES string of the molecule is CCCCCCOc1c(C)ncc2c1C(O)OC2. The molecule has 0 aromatic carbocycles. The molecule has 1 aromatic heterocycles. The van der Waals surface area contributed by atoms with E-state index in [4.69, 9.17) is 9.47 Å². The zero-order valence-electron chi connectivity index (χ0n) is 11.1. The Kier molecular flexibility index (Phi) is 4.55. The Morgan fingerprint density at radius 1 is 1.44 bits per heavy atom. The molecule has 1 unspecified atom stereocenters. The number of ether oxygens (including phenoxy) is 2. The number of pyridine rings is 1. The van der Waals surface area contributed by atoms with Crippen LogP contribution in [-0.2, 0) is 11.3 Å². The van der Waals surface area contributed by atoms with E-state index in [1.165, 1.54) is 19.3 Å². The maximum absolute atomic E-state index is 9.80. The van der Waals surface area contributed by atoms with Gasteiger partial charge in [-0.2, -0.15) is 0 Å². The summed E-state index contributed by atoms with van der Waals surface area (Å²) >= 11 is 0. The largest absolute Gasteiger partial charge is 0.491 e. The summed E-state index contributed by atoms with van der Waals surface area (Å²) in [5, 5.41) is 9.80. The number of hydrogen-bond donors (Lipinski definition) is 1. The standard InChI is InChI=1S/C14H21NO3/c1-3-4-5-6-7-17-13-10(2)15-8-11-9-18-14(16)12(11)13/h8,14,16H,3-7,9H2,1-2H3. The van der Waals surface area contributed by atoms with Gasteiger partial charge in [-0.05, 0) is 13.3 Å². The summed E-state index contributed by atoms with van der Waals surface area (Å²) in [4.78, 5) is 4.28. The van der Waals surface area contributed by atoms with E-state index in [2.05, 4.69) is 11.9 Å². The molecule has 1 aliphatic rings. The summed E-state index contributed by atoms with van der Waals surface area (Å²) in [5.74, 6) is 0.703. The molecular weight excluding hydrogens is 230 g/mol. The summed E-state index contributed by atoms with van der Waals surface area (Å²) in [7, 11) is 0. The first-order valence-corrected chi connectivity index (χ1v) is 6.65. The number of rotatable bonds is 6. The zero-order valence-corrected chi connectivity index (χ0v) is 11.1. The summed E-state index contributed by atoms with van der Waals surface area (Å²) in [5.41, 5.74) is 2.50. The first kappa shape index (κ1) is 13.3. The molecule has 0 amide bonds. The fourth-order valence-electron chi connectivity index (χ4n) is 2.17. The highest BCUT2D eigenvalue weighted by molar-refractivity contribution is 5.44. The summed E-state index contributed by atoms with van der Waals surface area (Å²) in [6.07, 6.45) is 5.55. The molecule has 100 valence electrons. The molecule has 0 bridgehead atoms. The Morgan fingerprint density at radius 2 is 2.28 bits per heavy atom. The maximum Gasteiger partial charge on any atom is 0.185 e. The van der Waals surface area contributed by atoms with Crippen molar-refractivity contribution in [3.63, 3.8) is 0 Å². The molecule has 0 aliphatic carbocycles. The lowest BCUT2D eigenvalue weighted by atomic mass is 10.1. The molecule has 2 heterocycles. The number of hydrogen-bond acceptors (Lipinski definition) is 4. The lowest BCUT2D eigenvalue weighted by Crippen LogP contribution is -2.05. The molecule has 0 spiro atoms. The lowest BCUT2D eigenvalue weighted by Gasteiger charge is -2.14. The van der Waals surface area contributed by atoms with E-state index in [-0.39, 0.29) is 0 Å². The second-order valence-electron chi connectivity index (χ2n) is 4.68. The van der Waals surface area contributed by atoms with Gasteiger partial charge in [0.15, 0.2) is 6.29 Å². The third-order valence-electron chi connectivity index (χ3n) is 3.22. The third kappa shape index (κ3) is 2.82. The minimum Gasteiger partial charge on any atom is -0.491 e. The van der Waals surface area contributed by atoms with Crippen LogP contribution in [0.1, 0.15) is 55.7 Å². The van der Waals surface area contributed by atoms with Crippen LogP contribution in [0.25, 0.3) is 0 Å². The molecule has 2 rings (SSSR count). The van der Waals surface area contributed by atoms with Crippen LogP contribution in [-0.4, -0.2) is 16.7 Å². The molecule has 1 N–H and O–H groups in total. The molecule has 0 radical (unpaired) electrons. The molecule has 4 heteroatoms. The van der Waals surface area contributed by atoms with Gasteiger partial charge in [-0.1, -0.05) is 26.2 Å². The smallest absolute Gasteiger partial charge is 0.185 e. The van der Waals surface area contributed by atoms with Crippen molar-refractivity contribution >= 4 is 0 Å². The van der Waals surface area contributed by atoms with Crippen molar-refractivity contribution in [3.8, 4) is 5.75 Å². The van der Waals surface area contributed by atoms with Crippen LogP contribution in [0.15, 0.2) is 6.20 Å². The second kappa shape index (κ2) is 6.16. The minimum atomic E-state index is -0.868. The average molecular weight is 251 g/mol. The highest BCUT2D eigenvalue weighted by Gasteiger charge is 2.27. The van der Waals surface area contributed by atoms with Crippen LogP contribution in [0.3, 0.4) is 0 Å². The van der Waals surface area contributed by atoms with Crippen molar-refractivity contribution in [1.29, 1.82) is 0 Å². The number of aryl methyl sites for hydroxylation is 1. The van der Waals surface area contributed by atoms with Crippen LogP contribution in [0.5, 0.6) is 5.75 Å². The first-order chi connectivity index (χ1) is 8.74. The van der Waals surface area contributed by atoms with Crippen molar-refractivity contribution < 1.29 is 14.6 Å². The van der Waals surface area contributed by atoms with E-state index in [0.717, 1.165) is 23.2 Å². The van der Waals surface area contributed by atoms with Crippen LogP contribution < -0.4 is 4.74 Å². The summed E-state index contributed by atoms with van der Waals surface area (Å²) < 4.78 is 11.0. The highest BCUT2D eigenvalue weighted by Crippen LogP contribution is 2.37. The Hall–Kier alpha value is -1.13. The van der Waals surface area contributed by atoms with Gasteiger partial charge in [0.05, 0.1) is 24.5 Å². The van der Waals surface area contributed by atoms with Gasteiger partial charge in [0, 0.05) is 11.8 Å². The van der Waals surface area contributed by atoms with Crippen LogP contribution in [0.2, 0.25) is 0 Å². The van der Waals surface area contributed by atoms with Crippen molar-refractivity contribution in [3.05, 3.63) is 23.0 Å². The van der Waals surface area contributed by atoms with E-state index < -0.39 is 6.29 Å². The number of fused-ring (bicyclic) bond motifs is 1. The fourth-order valence-corrected chi connectivity index (χ4v) is 2.17. The summed E-state index contributed by atoms with van der Waals surface area (Å²) in [6.45, 7) is 5.17. The van der Waals surface area contributed by atoms with Gasteiger partial charge in [0.25, 0.3) is 0 Å². The van der Waals surface area contributed by atoms with Gasteiger partial charge < -0.3 is 14.6 Å². The Bertz CT molecular complexity index is 406. The Balaban J connectivity index is 2.01. The minimum absolute atomic E-state index is 0.413. The summed E-state index contributed by atoms with van der Waals surface area (Å²) in [6, 6.07) is 0. The normalized spacial score (nSPS) is 17.8. The van der Waals surface area contributed by atoms with E-state index in [1.54, 1.807) is 6.20 Å². The zero-order chi connectivity index (χ0) is 13.0. The van der Waals surface area contributed by atoms with Crippen molar-refractivity contribution in [2.24, 2.45) is 0 Å². The highest BCUT2D eigenvalue weighted by atomic mass is 16.6. The number of aromatic nitrogens is 1. The number of nitrogens with zero attached hydrogens (tertiary/aromatic N) is 1. The quantitative estimate of drug-likeness (QED) is 0.790. The number of aliphatic hydroxyl groups excluding tert-OH is 1. The van der Waals surface area contributed by atoms with Gasteiger partial charge in [0.2, 0.25) is 0 Å². The van der Waals surface area contributed by atoms with Crippen molar-refractivity contribution in [2.45, 2.75) is 52.4 Å². The molecule has 1 aromatic rings. The van der Waals surface area contributed by atoms with E-state index >= 15 is 0 Å². The first-order valence-electron chi connectivity index (χ1n) is 6.65. The average Bonchev–Trinajstić information content (AvgIpc) is 2.73. The molecule has 0 saturated carbocycles. The van der Waals surface area contributed by atoms with E-state index in [9.17, 15) is 5.11 Å². The van der Waals surface area contributed by atoms with Crippen LogP contribution >= 0.6 is 0 Å². The molecule has 0 fully saturated rings. The van der Waals surface area contributed by atoms with Gasteiger partial charge in [-0.3, -0.25) is 4.98 Å². The molecule has 1 aliphatic heterocycles. The fraction of sp³-hybridized carbons (Fsp3) is 0.643. The third-order valence-corrected chi connectivity index (χ3v) is 3.22. The van der Waals surface area contributed by atoms with Gasteiger partial charge in [0.1, 0.15) is 5.75 Å². The predicted molar refractivity (Wildman–Crippen MR) is 68.4 cm³/mol. The molecule has 18 heavy (non-hydrogen) atoms. The monoisotopic (exact) mass is 251 g/mol. The van der Waals surface area contributed by atoms with E-state index in [1.807, 2.05) is 6.92 Å². The molecule has 1 atom stereocenters. The molecule has 0 saturated heterocycles. The van der Waals surface area contributed by atoms with Crippen LogP contribution in [0, 0.1) is 6.92 Å². The maximum atomic E-state index is 9.80. The Labute approximate surface area is 108 Å². The van der Waals surface area contributed by atoms with E-state index in [0.29, 0.717) is 19.0 Å².